The maximum Gasteiger partial charge on any atom is 0.255 e. The van der Waals surface area contributed by atoms with Crippen molar-refractivity contribution in [1.29, 1.82) is 0 Å². The maximum atomic E-state index is 13.2. The number of nitrogens with zero attached hydrogens (tertiary/aromatic N) is 4. The molecule has 5 rings (SSSR count). The van der Waals surface area contributed by atoms with Gasteiger partial charge in [-0.1, -0.05) is 12.1 Å². The Kier molecular flexibility index (Phi) is 8.22. The third-order valence-electron chi connectivity index (χ3n) is 7.11. The average Bonchev–Trinajstić information content (AvgIpc) is 3.16. The smallest absolute Gasteiger partial charge is 0.255 e. The second-order valence-electron chi connectivity index (χ2n) is 9.42. The van der Waals surface area contributed by atoms with Crippen molar-refractivity contribution in [2.75, 3.05) is 26.2 Å². The van der Waals surface area contributed by atoms with E-state index in [0.29, 0.717) is 45.1 Å². The number of carbonyl (C=O) groups excluding carboxylic acids is 1. The molecule has 3 aliphatic rings. The maximum absolute atomic E-state index is 13.2. The summed E-state index contributed by atoms with van der Waals surface area (Å²) in [5.74, 6) is 0.634. The van der Waals surface area contributed by atoms with Crippen LogP contribution in [-0.4, -0.2) is 62.6 Å². The second-order valence-corrected chi connectivity index (χ2v) is 9.42. The fourth-order valence-electron chi connectivity index (χ4n) is 5.47. The summed E-state index contributed by atoms with van der Waals surface area (Å²) >= 11 is 0. The summed E-state index contributed by atoms with van der Waals surface area (Å²) in [5.41, 5.74) is 3.84. The Hall–Kier alpha value is -1.93. The van der Waals surface area contributed by atoms with Crippen molar-refractivity contribution < 1.29 is 9.90 Å². The van der Waals surface area contributed by atoms with Crippen LogP contribution in [0.4, 0.5) is 0 Å². The highest BCUT2D eigenvalue weighted by atomic mass is 35.5. The molecule has 9 heteroatoms. The molecule has 0 radical (unpaired) electrons. The molecule has 33 heavy (non-hydrogen) atoms. The quantitative estimate of drug-likeness (QED) is 0.704. The first-order valence-electron chi connectivity index (χ1n) is 11.3. The minimum atomic E-state index is -0.280. The number of aliphatic hydroxyl groups excluding tert-OH is 1. The number of hydrogen-bond acceptors (Lipinski definition) is 5. The van der Waals surface area contributed by atoms with Crippen LogP contribution in [0.2, 0.25) is 0 Å². The standard InChI is InChI=1S/C24H30N4O3.2ClH/c1-16-3-2-7-25-21(16)10-23(30)27-11-17-9-19(14-27)22-5-4-18(24(31)28(22)12-17)13-26-8-6-20(29)15-26;;/h2-5,7,17,19-20,29H,6,8-15H2,1H3;2*1H/t17-,19+,20-;;/m0../s1. The molecule has 0 aliphatic carbocycles. The van der Waals surface area contributed by atoms with Crippen LogP contribution < -0.4 is 5.56 Å². The lowest BCUT2D eigenvalue weighted by Crippen LogP contribution is -2.50. The molecule has 0 spiro atoms. The predicted molar refractivity (Wildman–Crippen MR) is 131 cm³/mol. The van der Waals surface area contributed by atoms with Gasteiger partial charge in [0.15, 0.2) is 0 Å². The summed E-state index contributed by atoms with van der Waals surface area (Å²) in [6.07, 6.45) is 3.60. The summed E-state index contributed by atoms with van der Waals surface area (Å²) in [7, 11) is 0. The van der Waals surface area contributed by atoms with E-state index < -0.39 is 0 Å². The fraction of sp³-hybridized carbons (Fsp3) is 0.542. The van der Waals surface area contributed by atoms with Crippen LogP contribution in [0.1, 0.15) is 41.3 Å². The number of piperidine rings is 1. The van der Waals surface area contributed by atoms with Crippen molar-refractivity contribution in [2.24, 2.45) is 5.92 Å². The molecule has 0 unspecified atom stereocenters. The van der Waals surface area contributed by atoms with Gasteiger partial charge in [-0.3, -0.25) is 19.5 Å². The van der Waals surface area contributed by atoms with Crippen molar-refractivity contribution in [3.8, 4) is 0 Å². The van der Waals surface area contributed by atoms with Gasteiger partial charge in [0.1, 0.15) is 0 Å². The SMILES string of the molecule is Cc1cccnc1CC(=O)N1C[C@@H]2C[C@H](C1)c1ccc(CN3CC[C@H](O)C3)c(=O)n1C2.Cl.Cl. The molecule has 0 aromatic carbocycles. The van der Waals surface area contributed by atoms with Crippen molar-refractivity contribution in [2.45, 2.75) is 51.3 Å². The van der Waals surface area contributed by atoms with Gasteiger partial charge in [0.05, 0.1) is 18.2 Å². The Morgan fingerprint density at radius 2 is 1.97 bits per heavy atom. The number of hydrogen-bond donors (Lipinski definition) is 1. The number of aryl methyl sites for hydroxylation is 1. The number of carbonyl (C=O) groups is 1. The molecule has 2 saturated heterocycles. The molecule has 3 aliphatic heterocycles. The molecule has 2 aromatic heterocycles. The minimum absolute atomic E-state index is 0. The molecule has 1 amide bonds. The Morgan fingerprint density at radius 3 is 2.70 bits per heavy atom. The van der Waals surface area contributed by atoms with E-state index in [1.807, 2.05) is 34.6 Å². The summed E-state index contributed by atoms with van der Waals surface area (Å²) in [5, 5.41) is 9.76. The highest BCUT2D eigenvalue weighted by molar-refractivity contribution is 5.85. The zero-order valence-electron chi connectivity index (χ0n) is 18.9. The van der Waals surface area contributed by atoms with Crippen molar-refractivity contribution in [3.05, 3.63) is 63.3 Å². The van der Waals surface area contributed by atoms with Crippen LogP contribution in [0, 0.1) is 12.8 Å². The van der Waals surface area contributed by atoms with E-state index >= 15 is 0 Å². The molecule has 0 saturated carbocycles. The summed E-state index contributed by atoms with van der Waals surface area (Å²) < 4.78 is 1.95. The third-order valence-corrected chi connectivity index (χ3v) is 7.11. The lowest BCUT2D eigenvalue weighted by molar-refractivity contribution is -0.133. The molecule has 2 aromatic rings. The average molecular weight is 495 g/mol. The molecule has 2 bridgehead atoms. The van der Waals surface area contributed by atoms with Crippen molar-refractivity contribution in [1.82, 2.24) is 19.4 Å². The summed E-state index contributed by atoms with van der Waals surface area (Å²) in [4.78, 5) is 34.7. The van der Waals surface area contributed by atoms with Gasteiger partial charge in [-0.15, -0.1) is 24.8 Å². The zero-order valence-corrected chi connectivity index (χ0v) is 20.5. The Bertz CT molecular complexity index is 1060. The van der Waals surface area contributed by atoms with Crippen LogP contribution in [0.25, 0.3) is 0 Å². The van der Waals surface area contributed by atoms with Crippen LogP contribution in [0.15, 0.2) is 35.3 Å². The molecular formula is C24H32Cl2N4O3. The lowest BCUT2D eigenvalue weighted by Gasteiger charge is -2.43. The number of β-amino-alcohol motifs (C(OH)–C–C–N with tert-alkyl or cyclic N) is 1. The van der Waals surface area contributed by atoms with Gasteiger partial charge in [-0.25, -0.2) is 0 Å². The molecule has 2 fully saturated rings. The highest BCUT2D eigenvalue weighted by Crippen LogP contribution is 2.35. The van der Waals surface area contributed by atoms with Gasteiger partial charge < -0.3 is 14.6 Å². The highest BCUT2D eigenvalue weighted by Gasteiger charge is 2.37. The van der Waals surface area contributed by atoms with Crippen LogP contribution in [-0.2, 0) is 24.3 Å². The first-order valence-corrected chi connectivity index (χ1v) is 11.3. The van der Waals surface area contributed by atoms with Gasteiger partial charge >= 0.3 is 0 Å². The summed E-state index contributed by atoms with van der Waals surface area (Å²) in [6.45, 7) is 6.10. The van der Waals surface area contributed by atoms with E-state index in [2.05, 4.69) is 16.0 Å². The topological polar surface area (TPSA) is 78.7 Å². The molecule has 180 valence electrons. The number of rotatable bonds is 4. The number of fused-ring (bicyclic) bond motifs is 4. The number of pyridine rings is 2. The third kappa shape index (κ3) is 5.27. The largest absolute Gasteiger partial charge is 0.392 e. The van der Waals surface area contributed by atoms with Gasteiger partial charge in [0.25, 0.3) is 5.56 Å². The number of likely N-dealkylation sites (tertiary alicyclic amines) is 2. The number of aromatic nitrogens is 2. The Morgan fingerprint density at radius 1 is 1.15 bits per heavy atom. The normalized spacial score (nSPS) is 23.9. The van der Waals surface area contributed by atoms with Gasteiger partial charge in [-0.05, 0) is 43.4 Å². The van der Waals surface area contributed by atoms with E-state index in [1.165, 1.54) is 0 Å². The predicted octanol–water partition coefficient (Wildman–Crippen LogP) is 2.15. The van der Waals surface area contributed by atoms with Gasteiger partial charge in [0, 0.05) is 62.6 Å². The Labute approximate surface area is 206 Å². The number of halogens is 2. The first-order chi connectivity index (χ1) is 15.0. The molecule has 3 atom stereocenters. The first kappa shape index (κ1) is 25.7. The van der Waals surface area contributed by atoms with E-state index in [-0.39, 0.29) is 48.3 Å². The fourth-order valence-corrected chi connectivity index (χ4v) is 5.47. The van der Waals surface area contributed by atoms with E-state index in [1.54, 1.807) is 6.20 Å². The number of amides is 1. The van der Waals surface area contributed by atoms with E-state index in [4.69, 9.17) is 0 Å². The van der Waals surface area contributed by atoms with Crippen molar-refractivity contribution >= 4 is 30.7 Å². The molecule has 1 N–H and O–H groups in total. The lowest BCUT2D eigenvalue weighted by atomic mass is 9.82. The van der Waals surface area contributed by atoms with E-state index in [9.17, 15) is 14.7 Å². The monoisotopic (exact) mass is 494 g/mol. The Balaban J connectivity index is 0.00000153. The van der Waals surface area contributed by atoms with Crippen LogP contribution in [0.3, 0.4) is 0 Å². The van der Waals surface area contributed by atoms with Crippen LogP contribution >= 0.6 is 24.8 Å². The minimum Gasteiger partial charge on any atom is -0.392 e. The zero-order chi connectivity index (χ0) is 21.5. The molecule has 7 nitrogen and oxygen atoms in total. The second kappa shape index (κ2) is 10.6. The van der Waals surface area contributed by atoms with E-state index in [0.717, 1.165) is 41.9 Å². The van der Waals surface area contributed by atoms with Crippen LogP contribution in [0.5, 0.6) is 0 Å². The molecule has 5 heterocycles. The molecular weight excluding hydrogens is 463 g/mol. The van der Waals surface area contributed by atoms with Gasteiger partial charge in [-0.2, -0.15) is 0 Å². The van der Waals surface area contributed by atoms with Gasteiger partial charge in [0.2, 0.25) is 5.91 Å². The van der Waals surface area contributed by atoms with Crippen molar-refractivity contribution in [3.63, 3.8) is 0 Å². The summed E-state index contributed by atoms with van der Waals surface area (Å²) in [6, 6.07) is 7.92. The number of aliphatic hydroxyl groups is 1.